The van der Waals surface area contributed by atoms with Gasteiger partial charge in [-0.15, -0.1) is 0 Å². The van der Waals surface area contributed by atoms with Gasteiger partial charge in [-0.3, -0.25) is 43.8 Å². The van der Waals surface area contributed by atoms with Gasteiger partial charge >= 0.3 is 6.18 Å². The first-order chi connectivity index (χ1) is 33.7. The number of hydrogen-bond donors (Lipinski definition) is 5. The van der Waals surface area contributed by atoms with Gasteiger partial charge in [0.25, 0.3) is 11.8 Å². The van der Waals surface area contributed by atoms with Crippen LogP contribution in [0.25, 0.3) is 28.2 Å². The monoisotopic (exact) mass is 959 g/mol. The van der Waals surface area contributed by atoms with Crippen LogP contribution in [0, 0.1) is 5.92 Å². The number of aliphatic hydroxyl groups excluding tert-OH is 1. The molecule has 6 N–H and O–H groups in total. The van der Waals surface area contributed by atoms with Crippen LogP contribution in [-0.2, 0) is 20.6 Å². The molecule has 4 aliphatic heterocycles. The molecular weight excluding hydrogens is 908 g/mol. The van der Waals surface area contributed by atoms with Gasteiger partial charge in [-0.25, -0.2) is 9.97 Å². The zero-order chi connectivity index (χ0) is 48.8. The maximum atomic E-state index is 13.9. The molecule has 2 bridgehead atoms. The Morgan fingerprint density at radius 2 is 1.77 bits per heavy atom. The van der Waals surface area contributed by atoms with Gasteiger partial charge in [-0.2, -0.15) is 18.3 Å². The number of nitrogens with zero attached hydrogens (tertiary/aromatic N) is 7. The van der Waals surface area contributed by atoms with E-state index in [0.717, 1.165) is 86.7 Å². The molecule has 0 radical (unpaired) electrons. The summed E-state index contributed by atoms with van der Waals surface area (Å²) in [5.41, 5.74) is 10.4. The third-order valence-electron chi connectivity index (χ3n) is 14.2. The van der Waals surface area contributed by atoms with Gasteiger partial charge in [-0.05, 0) is 106 Å². The van der Waals surface area contributed by atoms with E-state index in [4.69, 9.17) is 10.8 Å². The lowest BCUT2D eigenvalue weighted by atomic mass is 9.90. The van der Waals surface area contributed by atoms with Crippen molar-refractivity contribution in [1.82, 2.24) is 40.2 Å². The minimum absolute atomic E-state index is 0.0446. The second kappa shape index (κ2) is 19.0. The van der Waals surface area contributed by atoms with E-state index in [1.54, 1.807) is 36.5 Å². The fourth-order valence-electron chi connectivity index (χ4n) is 10.7. The highest BCUT2D eigenvalue weighted by molar-refractivity contribution is 6.07. The second-order valence-electron chi connectivity index (χ2n) is 18.9. The van der Waals surface area contributed by atoms with Crippen molar-refractivity contribution < 1.29 is 42.3 Å². The summed E-state index contributed by atoms with van der Waals surface area (Å²) in [6.45, 7) is 3.11. The Morgan fingerprint density at radius 1 is 0.943 bits per heavy atom. The van der Waals surface area contributed by atoms with E-state index in [-0.39, 0.29) is 60.5 Å². The lowest BCUT2D eigenvalue weighted by molar-refractivity contribution is -0.140. The number of piperidine rings is 1. The number of pyridine rings is 2. The molecule has 17 nitrogen and oxygen atoms in total. The summed E-state index contributed by atoms with van der Waals surface area (Å²) in [4.78, 5) is 78.8. The summed E-state index contributed by atoms with van der Waals surface area (Å²) in [5, 5.41) is 25.2. The van der Waals surface area contributed by atoms with Crippen molar-refractivity contribution in [2.75, 3.05) is 48.7 Å². The minimum Gasteiger partial charge on any atom is -0.383 e. The average Bonchev–Trinajstić information content (AvgIpc) is 4.04. The normalized spacial score (nSPS) is 23.9. The van der Waals surface area contributed by atoms with Crippen molar-refractivity contribution in [2.45, 2.75) is 88.3 Å². The average molecular weight is 960 g/mol. The molecule has 3 fully saturated rings. The van der Waals surface area contributed by atoms with Gasteiger partial charge < -0.3 is 26.4 Å². The Hall–Kier alpha value is -7.19. The Kier molecular flexibility index (Phi) is 12.6. The number of carbonyl (C=O) groups is 5. The van der Waals surface area contributed by atoms with Crippen molar-refractivity contribution in [3.05, 3.63) is 101 Å². The molecule has 5 amide bonds. The van der Waals surface area contributed by atoms with Crippen LogP contribution in [0.2, 0.25) is 0 Å². The van der Waals surface area contributed by atoms with E-state index in [0.29, 0.717) is 47.3 Å². The molecule has 3 aromatic heterocycles. The fraction of sp³-hybridized carbons (Fsp3) is 0.400. The number of fused-ring (bicyclic) bond motifs is 4. The molecule has 1 aliphatic carbocycles. The zero-order valence-electron chi connectivity index (χ0n) is 38.1. The molecule has 20 heteroatoms. The predicted octanol–water partition coefficient (Wildman–Crippen LogP) is 5.83. The smallest absolute Gasteiger partial charge is 0.383 e. The fourth-order valence-corrected chi connectivity index (χ4v) is 10.7. The molecule has 5 aromatic rings. The van der Waals surface area contributed by atoms with E-state index in [1.807, 2.05) is 22.9 Å². The molecule has 0 spiro atoms. The topological polar surface area (TPSA) is 221 Å². The number of anilines is 3. The summed E-state index contributed by atoms with van der Waals surface area (Å²) in [6.07, 6.45) is 6.74. The Labute approximate surface area is 400 Å². The molecule has 10 rings (SSSR count). The van der Waals surface area contributed by atoms with E-state index >= 15 is 0 Å². The first-order valence-electron chi connectivity index (χ1n) is 23.7. The first kappa shape index (κ1) is 46.5. The number of aliphatic hydroxyl groups is 1. The van der Waals surface area contributed by atoms with Gasteiger partial charge in [0.15, 0.2) is 6.23 Å². The molecule has 70 heavy (non-hydrogen) atoms. The largest absolute Gasteiger partial charge is 0.416 e. The number of hydrogen-bond acceptors (Lipinski definition) is 12. The van der Waals surface area contributed by atoms with Crippen LogP contribution in [0.3, 0.4) is 0 Å². The Bertz CT molecular complexity index is 2920. The predicted molar refractivity (Wildman–Crippen MR) is 253 cm³/mol. The lowest BCUT2D eigenvalue weighted by Crippen LogP contribution is -2.53. The van der Waals surface area contributed by atoms with Crippen molar-refractivity contribution in [3.8, 4) is 11.3 Å². The van der Waals surface area contributed by atoms with Crippen LogP contribution >= 0.6 is 0 Å². The second-order valence-corrected chi connectivity index (χ2v) is 18.9. The number of alkyl halides is 3. The van der Waals surface area contributed by atoms with Crippen LogP contribution in [0.4, 0.5) is 30.5 Å². The molecule has 2 aromatic carbocycles. The molecule has 2 unspecified atom stereocenters. The molecule has 2 saturated heterocycles. The maximum absolute atomic E-state index is 13.9. The summed E-state index contributed by atoms with van der Waals surface area (Å²) < 4.78 is 41.8. The number of imide groups is 1. The molecular formula is C50H52F3N11O6. The zero-order valence-corrected chi connectivity index (χ0v) is 38.1. The summed E-state index contributed by atoms with van der Waals surface area (Å²) in [5.74, 6) is -1.79. The van der Waals surface area contributed by atoms with Crippen LogP contribution in [-0.4, -0.2) is 109 Å². The van der Waals surface area contributed by atoms with Crippen LogP contribution in [0.1, 0.15) is 107 Å². The van der Waals surface area contributed by atoms with Gasteiger partial charge in [0.2, 0.25) is 17.7 Å². The van der Waals surface area contributed by atoms with Gasteiger partial charge in [0.05, 0.1) is 29.1 Å². The number of aromatic nitrogens is 4. The lowest BCUT2D eigenvalue weighted by Gasteiger charge is -2.32. The Balaban J connectivity index is 0.835. The molecule has 5 atom stereocenters. The third-order valence-corrected chi connectivity index (χ3v) is 14.2. The number of benzene rings is 2. The number of nitrogens with one attached hydrogen (secondary N) is 3. The van der Waals surface area contributed by atoms with Gasteiger partial charge in [0, 0.05) is 78.0 Å². The summed E-state index contributed by atoms with van der Waals surface area (Å²) >= 11 is 0. The van der Waals surface area contributed by atoms with E-state index in [2.05, 4.69) is 41.8 Å². The number of halogens is 3. The van der Waals surface area contributed by atoms with Crippen molar-refractivity contribution in [3.63, 3.8) is 0 Å². The van der Waals surface area contributed by atoms with Gasteiger partial charge in [-0.1, -0.05) is 24.3 Å². The molecule has 364 valence electrons. The number of nitrogens with two attached hydrogens (primary N) is 1. The highest BCUT2D eigenvalue weighted by Crippen LogP contribution is 2.41. The van der Waals surface area contributed by atoms with Crippen LogP contribution in [0.15, 0.2) is 73.1 Å². The van der Waals surface area contributed by atoms with E-state index in [1.165, 1.54) is 4.90 Å². The van der Waals surface area contributed by atoms with Gasteiger partial charge in [0.1, 0.15) is 23.4 Å². The van der Waals surface area contributed by atoms with Crippen LogP contribution in [0.5, 0.6) is 0 Å². The quantitative estimate of drug-likeness (QED) is 0.122. The standard InChI is InChI=1S/C50H52F3N11O6/c51-50(52,53)32-16-18-55-39(21-32)58-46(67)30-10-8-29(9-11-30)43-42-44-31(24-56-45(42)54)5-2-1-3-19-61(27-41(66)57-33-6-4-7-35(22-33)64(44)60-43)25-28-17-20-62(26-28)34-12-13-36-37(23-34)49(70)63(48(36)69)38-14-15-40(65)59-47(38)68/h2,5,8-13,16,18,21,23-24,28,33,35,38,49,70H,1,3-4,6-7,14-15,17,19-20,22,25-27H2,(H2,54,56)(H,57,66)(H,55,58,67)(H,59,65,68)/b5-2+/t28-,33+,35+,38?,49?/m0/s1. The Morgan fingerprint density at radius 3 is 2.57 bits per heavy atom. The number of carbonyl (C=O) groups excluding carboxylic acids is 5. The van der Waals surface area contributed by atoms with Crippen molar-refractivity contribution >= 4 is 63.8 Å². The molecule has 7 heterocycles. The van der Waals surface area contributed by atoms with Crippen LogP contribution < -0.4 is 26.6 Å². The minimum atomic E-state index is -4.59. The summed E-state index contributed by atoms with van der Waals surface area (Å²) in [7, 11) is 0. The summed E-state index contributed by atoms with van der Waals surface area (Å²) in [6, 6.07) is 12.5. The van der Waals surface area contributed by atoms with Crippen molar-refractivity contribution in [1.29, 1.82) is 0 Å². The molecule has 5 aliphatic rings. The highest BCUT2D eigenvalue weighted by Gasteiger charge is 2.45. The maximum Gasteiger partial charge on any atom is 0.416 e. The van der Waals surface area contributed by atoms with E-state index in [9.17, 15) is 42.3 Å². The number of amides is 5. The number of allylic oxidation sites excluding steroid dienone is 1. The molecule has 1 saturated carbocycles. The number of nitrogen functional groups attached to an aromatic ring is 1. The first-order valence-corrected chi connectivity index (χ1v) is 23.7. The number of rotatable bonds is 7. The van der Waals surface area contributed by atoms with Crippen molar-refractivity contribution in [2.24, 2.45) is 5.92 Å². The van der Waals surface area contributed by atoms with E-state index < -0.39 is 47.6 Å². The SMILES string of the molecule is Nc1ncc2c3c1c(-c1ccc(C(=O)Nc4cc(C(F)(F)F)ccn4)cc1)nn3[C@@H]1CCC[C@H](C1)NC(=O)CN(C[C@@H]1CCN(c3ccc4c(c3)C(O)N(C3CCC(=O)NC3=O)C4=O)C1)CCC/C=C/2. The highest BCUT2D eigenvalue weighted by atomic mass is 19.4. The third kappa shape index (κ3) is 9.32.